The molecule has 1 atom stereocenters. The van der Waals surface area contributed by atoms with Crippen molar-refractivity contribution in [1.29, 1.82) is 0 Å². The summed E-state index contributed by atoms with van der Waals surface area (Å²) in [6.07, 6.45) is 0. The van der Waals surface area contributed by atoms with Crippen LogP contribution in [0.3, 0.4) is 0 Å². The van der Waals surface area contributed by atoms with Crippen LogP contribution in [0.25, 0.3) is 0 Å². The molecule has 27 heavy (non-hydrogen) atoms. The lowest BCUT2D eigenvalue weighted by atomic mass is 10.0. The van der Waals surface area contributed by atoms with E-state index < -0.39 is 5.82 Å². The first-order valence-electron chi connectivity index (χ1n) is 9.09. The molecule has 0 saturated carbocycles. The highest BCUT2D eigenvalue weighted by atomic mass is 19.1. The number of ketones is 1. The van der Waals surface area contributed by atoms with Crippen molar-refractivity contribution in [3.63, 3.8) is 0 Å². The Morgan fingerprint density at radius 3 is 2.56 bits per heavy atom. The van der Waals surface area contributed by atoms with Gasteiger partial charge in [-0.1, -0.05) is 18.2 Å². The maximum Gasteiger partial charge on any atom is 0.164 e. The van der Waals surface area contributed by atoms with Gasteiger partial charge in [0, 0.05) is 25.3 Å². The van der Waals surface area contributed by atoms with Gasteiger partial charge in [-0.3, -0.25) is 9.69 Å². The van der Waals surface area contributed by atoms with E-state index in [2.05, 4.69) is 10.2 Å². The van der Waals surface area contributed by atoms with Crippen molar-refractivity contribution in [3.05, 3.63) is 59.4 Å². The number of rotatable bonds is 7. The van der Waals surface area contributed by atoms with Gasteiger partial charge in [-0.05, 0) is 36.8 Å². The molecule has 1 aliphatic rings. The Hall–Kier alpha value is -2.44. The van der Waals surface area contributed by atoms with Crippen LogP contribution in [-0.4, -0.2) is 50.6 Å². The highest BCUT2D eigenvalue weighted by Gasteiger charge is 2.23. The summed E-state index contributed by atoms with van der Waals surface area (Å²) in [6, 6.07) is 12.7. The number of anilines is 1. The standard InChI is InChI=1S/C21H25FN2O3/c1-15(25)21-18(22)4-3-5-19(21)23-14-20(24-10-12-27-13-11-24)16-6-8-17(26-2)9-7-16/h3-9,20,23H,10-14H2,1-2H3. The number of hydrogen-bond donors (Lipinski definition) is 1. The molecule has 0 bridgehead atoms. The van der Waals surface area contributed by atoms with Gasteiger partial charge in [0.05, 0.1) is 31.9 Å². The topological polar surface area (TPSA) is 50.8 Å². The Morgan fingerprint density at radius 2 is 1.93 bits per heavy atom. The Morgan fingerprint density at radius 1 is 1.22 bits per heavy atom. The molecule has 0 amide bonds. The minimum atomic E-state index is -0.500. The zero-order valence-electron chi connectivity index (χ0n) is 15.7. The van der Waals surface area contributed by atoms with E-state index in [-0.39, 0.29) is 17.4 Å². The van der Waals surface area contributed by atoms with Crippen LogP contribution in [0.2, 0.25) is 0 Å². The molecule has 1 heterocycles. The number of ether oxygens (including phenoxy) is 2. The van der Waals surface area contributed by atoms with Crippen LogP contribution < -0.4 is 10.1 Å². The van der Waals surface area contributed by atoms with Gasteiger partial charge < -0.3 is 14.8 Å². The molecule has 2 aromatic carbocycles. The van der Waals surface area contributed by atoms with E-state index in [0.717, 1.165) is 24.4 Å². The largest absolute Gasteiger partial charge is 0.497 e. The summed E-state index contributed by atoms with van der Waals surface area (Å²) in [6.45, 7) is 4.95. The Labute approximate surface area is 159 Å². The molecule has 0 aliphatic carbocycles. The van der Waals surface area contributed by atoms with E-state index in [4.69, 9.17) is 9.47 Å². The first-order valence-corrected chi connectivity index (χ1v) is 9.09. The predicted octanol–water partition coefficient (Wildman–Crippen LogP) is 3.52. The van der Waals surface area contributed by atoms with Crippen LogP contribution in [0.4, 0.5) is 10.1 Å². The van der Waals surface area contributed by atoms with E-state index in [1.54, 1.807) is 19.2 Å². The molecular weight excluding hydrogens is 347 g/mol. The van der Waals surface area contributed by atoms with Gasteiger partial charge in [-0.15, -0.1) is 0 Å². The molecule has 5 nitrogen and oxygen atoms in total. The van der Waals surface area contributed by atoms with Crippen molar-refractivity contribution >= 4 is 11.5 Å². The van der Waals surface area contributed by atoms with Crippen molar-refractivity contribution in [2.24, 2.45) is 0 Å². The number of morpholine rings is 1. The van der Waals surface area contributed by atoms with E-state index in [1.807, 2.05) is 24.3 Å². The maximum atomic E-state index is 14.1. The number of Topliss-reactive ketones (excluding diaryl/α,β-unsaturated/α-hetero) is 1. The summed E-state index contributed by atoms with van der Waals surface area (Å²) in [5.41, 5.74) is 1.76. The number of benzene rings is 2. The lowest BCUT2D eigenvalue weighted by Crippen LogP contribution is -2.41. The quantitative estimate of drug-likeness (QED) is 0.754. The Kier molecular flexibility index (Phi) is 6.42. The van der Waals surface area contributed by atoms with Crippen LogP contribution in [0.5, 0.6) is 5.75 Å². The molecule has 1 aliphatic heterocycles. The van der Waals surface area contributed by atoms with Crippen molar-refractivity contribution in [2.45, 2.75) is 13.0 Å². The van der Waals surface area contributed by atoms with E-state index in [1.165, 1.54) is 13.0 Å². The van der Waals surface area contributed by atoms with Crippen LogP contribution in [0, 0.1) is 5.82 Å². The number of methoxy groups -OCH3 is 1. The molecule has 3 rings (SSSR count). The number of halogens is 1. The molecule has 0 spiro atoms. The molecule has 0 radical (unpaired) electrons. The molecule has 2 aromatic rings. The highest BCUT2D eigenvalue weighted by molar-refractivity contribution is 5.99. The van der Waals surface area contributed by atoms with Gasteiger partial charge >= 0.3 is 0 Å². The number of hydrogen-bond acceptors (Lipinski definition) is 5. The third kappa shape index (κ3) is 4.64. The summed E-state index contributed by atoms with van der Waals surface area (Å²) in [5.74, 6) is 0.0132. The van der Waals surface area contributed by atoms with Crippen LogP contribution >= 0.6 is 0 Å². The first-order chi connectivity index (χ1) is 13.1. The van der Waals surface area contributed by atoms with Gasteiger partial charge in [0.15, 0.2) is 5.78 Å². The van der Waals surface area contributed by atoms with Gasteiger partial charge in [-0.2, -0.15) is 0 Å². The predicted molar refractivity (Wildman–Crippen MR) is 103 cm³/mol. The Balaban J connectivity index is 1.83. The van der Waals surface area contributed by atoms with Crippen LogP contribution in [0.1, 0.15) is 28.9 Å². The fourth-order valence-electron chi connectivity index (χ4n) is 3.41. The highest BCUT2D eigenvalue weighted by Crippen LogP contribution is 2.26. The van der Waals surface area contributed by atoms with Gasteiger partial charge in [0.1, 0.15) is 11.6 Å². The zero-order valence-corrected chi connectivity index (χ0v) is 15.7. The fraction of sp³-hybridized carbons (Fsp3) is 0.381. The normalized spacial score (nSPS) is 16.0. The number of nitrogens with zero attached hydrogens (tertiary/aromatic N) is 1. The van der Waals surface area contributed by atoms with Gasteiger partial charge in [0.2, 0.25) is 0 Å². The summed E-state index contributed by atoms with van der Waals surface area (Å²) in [7, 11) is 1.64. The molecule has 1 unspecified atom stereocenters. The second kappa shape index (κ2) is 8.97. The number of nitrogens with one attached hydrogen (secondary N) is 1. The Bertz CT molecular complexity index is 773. The smallest absolute Gasteiger partial charge is 0.164 e. The second-order valence-electron chi connectivity index (χ2n) is 6.54. The molecule has 1 saturated heterocycles. The van der Waals surface area contributed by atoms with Crippen molar-refractivity contribution in [1.82, 2.24) is 4.90 Å². The van der Waals surface area contributed by atoms with Gasteiger partial charge in [-0.25, -0.2) is 4.39 Å². The van der Waals surface area contributed by atoms with Crippen LogP contribution in [0.15, 0.2) is 42.5 Å². The summed E-state index contributed by atoms with van der Waals surface area (Å²) < 4.78 is 24.8. The van der Waals surface area contributed by atoms with E-state index in [0.29, 0.717) is 25.4 Å². The monoisotopic (exact) mass is 372 g/mol. The minimum Gasteiger partial charge on any atom is -0.497 e. The van der Waals surface area contributed by atoms with Crippen molar-refractivity contribution in [2.75, 3.05) is 45.3 Å². The molecule has 6 heteroatoms. The summed E-state index contributed by atoms with van der Waals surface area (Å²) >= 11 is 0. The summed E-state index contributed by atoms with van der Waals surface area (Å²) in [5, 5.41) is 3.29. The first kappa shape index (κ1) is 19.3. The number of carbonyl (C=O) groups is 1. The fourth-order valence-corrected chi connectivity index (χ4v) is 3.41. The molecule has 1 N–H and O–H groups in total. The molecule has 0 aromatic heterocycles. The van der Waals surface area contributed by atoms with Crippen molar-refractivity contribution < 1.29 is 18.7 Å². The lowest BCUT2D eigenvalue weighted by Gasteiger charge is -2.35. The van der Waals surface area contributed by atoms with Crippen LogP contribution in [-0.2, 0) is 4.74 Å². The number of carbonyl (C=O) groups excluding carboxylic acids is 1. The average molecular weight is 372 g/mol. The van der Waals surface area contributed by atoms with E-state index >= 15 is 0 Å². The third-order valence-electron chi connectivity index (χ3n) is 4.84. The minimum absolute atomic E-state index is 0.0721. The second-order valence-corrected chi connectivity index (χ2v) is 6.54. The lowest BCUT2D eigenvalue weighted by molar-refractivity contribution is 0.0187. The summed E-state index contributed by atoms with van der Waals surface area (Å²) in [4.78, 5) is 14.2. The third-order valence-corrected chi connectivity index (χ3v) is 4.84. The zero-order chi connectivity index (χ0) is 19.2. The van der Waals surface area contributed by atoms with Gasteiger partial charge in [0.25, 0.3) is 0 Å². The molecule has 144 valence electrons. The molecular formula is C21H25FN2O3. The SMILES string of the molecule is COc1ccc(C(CNc2cccc(F)c2C(C)=O)N2CCOCC2)cc1. The average Bonchev–Trinajstić information content (AvgIpc) is 2.69. The maximum absolute atomic E-state index is 14.1. The van der Waals surface area contributed by atoms with E-state index in [9.17, 15) is 9.18 Å². The molecule has 1 fully saturated rings. The van der Waals surface area contributed by atoms with Crippen molar-refractivity contribution in [3.8, 4) is 5.75 Å².